The van der Waals surface area contributed by atoms with Gasteiger partial charge in [0.25, 0.3) is 0 Å². The number of carbonyl (C=O) groups excluding carboxylic acids is 2. The molecule has 0 radical (unpaired) electrons. The van der Waals surface area contributed by atoms with Crippen LogP contribution in [0.1, 0.15) is 36.5 Å². The molecule has 0 amide bonds. The molecule has 5 nitrogen and oxygen atoms in total. The molecule has 7 heteroatoms. The van der Waals surface area contributed by atoms with Crippen LogP contribution in [-0.2, 0) is 9.53 Å². The number of Topliss-reactive ketones (excluding diaryl/α,β-unsaturated/α-hetero) is 1. The monoisotopic (exact) mass is 344 g/mol. The van der Waals surface area contributed by atoms with Crippen LogP contribution >= 0.6 is 11.6 Å². The first-order chi connectivity index (χ1) is 10.8. The van der Waals surface area contributed by atoms with Gasteiger partial charge in [-0.3, -0.25) is 9.59 Å². The van der Waals surface area contributed by atoms with Crippen LogP contribution in [0.4, 0.5) is 4.39 Å². The third-order valence-electron chi connectivity index (χ3n) is 3.78. The Morgan fingerprint density at radius 3 is 2.65 bits per heavy atom. The Morgan fingerprint density at radius 2 is 2.09 bits per heavy atom. The third-order valence-corrected chi connectivity index (χ3v) is 4.14. The van der Waals surface area contributed by atoms with Gasteiger partial charge in [-0.15, -0.1) is 0 Å². The molecule has 0 bridgehead atoms. The van der Waals surface area contributed by atoms with Crippen LogP contribution in [0.2, 0.25) is 5.02 Å². The second kappa shape index (κ2) is 6.84. The summed E-state index contributed by atoms with van der Waals surface area (Å²) < 4.78 is 24.1. The smallest absolute Gasteiger partial charge is 0.306 e. The second-order valence-corrected chi connectivity index (χ2v) is 6.18. The molecule has 1 aliphatic rings. The lowest BCUT2D eigenvalue weighted by Crippen LogP contribution is -2.20. The molecule has 1 saturated carbocycles. The van der Waals surface area contributed by atoms with Gasteiger partial charge < -0.3 is 14.6 Å². The van der Waals surface area contributed by atoms with Gasteiger partial charge in [-0.25, -0.2) is 4.39 Å². The number of halogens is 2. The van der Waals surface area contributed by atoms with E-state index in [1.165, 1.54) is 26.2 Å². The lowest BCUT2D eigenvalue weighted by molar-refractivity contribution is -0.141. The maximum absolute atomic E-state index is 14.3. The number of hydrogen-bond acceptors (Lipinski definition) is 5. The molecule has 2 rings (SSSR count). The Hall–Kier alpha value is -1.66. The molecule has 1 atom stereocenters. The van der Waals surface area contributed by atoms with Crippen molar-refractivity contribution < 1.29 is 28.6 Å². The minimum atomic E-state index is -0.895. The molecule has 126 valence electrons. The Bertz CT molecular complexity index is 627. The summed E-state index contributed by atoms with van der Waals surface area (Å²) in [6, 6.07) is 2.65. The summed E-state index contributed by atoms with van der Waals surface area (Å²) in [5.74, 6) is -2.64. The molecular formula is C16H18ClFO5. The Morgan fingerprint density at radius 1 is 1.43 bits per heavy atom. The van der Waals surface area contributed by atoms with Crippen molar-refractivity contribution in [2.45, 2.75) is 31.8 Å². The van der Waals surface area contributed by atoms with E-state index in [-0.39, 0.29) is 29.4 Å². The Kier molecular flexibility index (Phi) is 5.26. The minimum Gasteiger partial charge on any atom is -0.489 e. The standard InChI is InChI=1S/C16H18ClFO5/c1-9(7-12(19)22-2)15(20)10-3-4-11(13(17)14(10)18)23-8-16(21)5-6-16/h3-4,9,21H,5-8H2,1-2H3. The highest BCUT2D eigenvalue weighted by atomic mass is 35.5. The molecule has 0 heterocycles. The highest BCUT2D eigenvalue weighted by molar-refractivity contribution is 6.32. The van der Waals surface area contributed by atoms with Gasteiger partial charge in [-0.05, 0) is 25.0 Å². The zero-order valence-corrected chi connectivity index (χ0v) is 13.7. The van der Waals surface area contributed by atoms with Crippen LogP contribution in [0.3, 0.4) is 0 Å². The number of aliphatic hydroxyl groups is 1. The molecular weight excluding hydrogens is 327 g/mol. The number of carbonyl (C=O) groups is 2. The van der Waals surface area contributed by atoms with Gasteiger partial charge in [0.2, 0.25) is 0 Å². The fourth-order valence-corrected chi connectivity index (χ4v) is 2.25. The van der Waals surface area contributed by atoms with E-state index in [2.05, 4.69) is 4.74 Å². The molecule has 1 fully saturated rings. The van der Waals surface area contributed by atoms with Crippen LogP contribution in [0.5, 0.6) is 5.75 Å². The molecule has 1 unspecified atom stereocenters. The van der Waals surface area contributed by atoms with E-state index in [1.54, 1.807) is 0 Å². The number of benzene rings is 1. The third kappa shape index (κ3) is 4.20. The van der Waals surface area contributed by atoms with E-state index in [0.29, 0.717) is 12.8 Å². The molecule has 1 N–H and O–H groups in total. The Balaban J connectivity index is 2.12. The molecule has 0 aliphatic heterocycles. The van der Waals surface area contributed by atoms with Crippen molar-refractivity contribution in [2.75, 3.05) is 13.7 Å². The van der Waals surface area contributed by atoms with Gasteiger partial charge in [0, 0.05) is 5.92 Å². The van der Waals surface area contributed by atoms with Crippen LogP contribution in [-0.4, -0.2) is 36.2 Å². The fraction of sp³-hybridized carbons (Fsp3) is 0.500. The quantitative estimate of drug-likeness (QED) is 0.608. The summed E-state index contributed by atoms with van der Waals surface area (Å²) in [5.41, 5.74) is -1.06. The summed E-state index contributed by atoms with van der Waals surface area (Å²) in [7, 11) is 1.22. The summed E-state index contributed by atoms with van der Waals surface area (Å²) in [5, 5.41) is 9.40. The van der Waals surface area contributed by atoms with Gasteiger partial charge in [0.15, 0.2) is 11.6 Å². The number of ketones is 1. The van der Waals surface area contributed by atoms with Crippen molar-refractivity contribution in [3.8, 4) is 5.75 Å². The average molecular weight is 345 g/mol. The number of esters is 1. The molecule has 1 aromatic rings. The summed E-state index contributed by atoms with van der Waals surface area (Å²) in [6.07, 6.45) is 1.13. The van der Waals surface area contributed by atoms with E-state index < -0.39 is 29.1 Å². The van der Waals surface area contributed by atoms with E-state index in [1.807, 2.05) is 0 Å². The van der Waals surface area contributed by atoms with E-state index in [9.17, 15) is 19.1 Å². The van der Waals surface area contributed by atoms with Crippen LogP contribution in [0, 0.1) is 11.7 Å². The number of rotatable bonds is 7. The number of methoxy groups -OCH3 is 1. The van der Waals surface area contributed by atoms with Gasteiger partial charge in [0.05, 0.1) is 24.7 Å². The highest BCUT2D eigenvalue weighted by Gasteiger charge is 2.41. The Labute approximate surface area is 138 Å². The van der Waals surface area contributed by atoms with Crippen molar-refractivity contribution in [1.29, 1.82) is 0 Å². The predicted octanol–water partition coefficient (Wildman–Crippen LogP) is 2.76. The van der Waals surface area contributed by atoms with Crippen molar-refractivity contribution in [3.05, 3.63) is 28.5 Å². The second-order valence-electron chi connectivity index (χ2n) is 5.80. The first-order valence-electron chi connectivity index (χ1n) is 7.21. The van der Waals surface area contributed by atoms with Crippen LogP contribution in [0.25, 0.3) is 0 Å². The normalized spacial score (nSPS) is 16.6. The van der Waals surface area contributed by atoms with Gasteiger partial charge >= 0.3 is 5.97 Å². The lowest BCUT2D eigenvalue weighted by Gasteiger charge is -2.14. The van der Waals surface area contributed by atoms with E-state index in [0.717, 1.165) is 0 Å². The number of hydrogen-bond donors (Lipinski definition) is 1. The molecule has 0 saturated heterocycles. The summed E-state index contributed by atoms with van der Waals surface area (Å²) >= 11 is 5.90. The predicted molar refractivity (Wildman–Crippen MR) is 81.2 cm³/mol. The molecule has 1 aliphatic carbocycles. The van der Waals surface area contributed by atoms with E-state index in [4.69, 9.17) is 16.3 Å². The van der Waals surface area contributed by atoms with Gasteiger partial charge in [-0.1, -0.05) is 18.5 Å². The molecule has 0 aromatic heterocycles. The van der Waals surface area contributed by atoms with Crippen LogP contribution < -0.4 is 4.74 Å². The van der Waals surface area contributed by atoms with Crippen molar-refractivity contribution in [1.82, 2.24) is 0 Å². The summed E-state index contributed by atoms with van der Waals surface area (Å²) in [4.78, 5) is 23.4. The highest BCUT2D eigenvalue weighted by Crippen LogP contribution is 2.37. The average Bonchev–Trinajstić information content (AvgIpc) is 3.26. The topological polar surface area (TPSA) is 72.8 Å². The molecule has 0 spiro atoms. The summed E-state index contributed by atoms with van der Waals surface area (Å²) in [6.45, 7) is 1.54. The maximum Gasteiger partial charge on any atom is 0.306 e. The van der Waals surface area contributed by atoms with Gasteiger partial charge in [-0.2, -0.15) is 0 Å². The number of ether oxygens (including phenoxy) is 2. The first-order valence-corrected chi connectivity index (χ1v) is 7.59. The molecule has 1 aromatic carbocycles. The largest absolute Gasteiger partial charge is 0.489 e. The van der Waals surface area contributed by atoms with Crippen LogP contribution in [0.15, 0.2) is 12.1 Å². The van der Waals surface area contributed by atoms with Crippen molar-refractivity contribution >= 4 is 23.4 Å². The van der Waals surface area contributed by atoms with E-state index >= 15 is 0 Å². The minimum absolute atomic E-state index is 0.0260. The zero-order valence-electron chi connectivity index (χ0n) is 12.9. The first kappa shape index (κ1) is 17.7. The van der Waals surface area contributed by atoms with Gasteiger partial charge in [0.1, 0.15) is 17.4 Å². The van der Waals surface area contributed by atoms with Crippen molar-refractivity contribution in [3.63, 3.8) is 0 Å². The maximum atomic E-state index is 14.3. The zero-order chi connectivity index (χ0) is 17.2. The lowest BCUT2D eigenvalue weighted by atomic mass is 9.96. The van der Waals surface area contributed by atoms with Crippen molar-refractivity contribution in [2.24, 2.45) is 5.92 Å². The molecule has 23 heavy (non-hydrogen) atoms. The fourth-order valence-electron chi connectivity index (χ4n) is 2.03. The SMILES string of the molecule is COC(=O)CC(C)C(=O)c1ccc(OCC2(O)CC2)c(Cl)c1F.